The summed E-state index contributed by atoms with van der Waals surface area (Å²) in [6, 6.07) is 0. The first-order valence-electron chi connectivity index (χ1n) is 3.86. The van der Waals surface area contributed by atoms with Gasteiger partial charge in [-0.15, -0.1) is 0 Å². The fraction of sp³-hybridized carbons (Fsp3) is 0.750. The normalized spacial score (nSPS) is 13.4. The fourth-order valence-corrected chi connectivity index (χ4v) is 2.20. The first-order chi connectivity index (χ1) is 4.81. The number of hydrogen-bond donors (Lipinski definition) is 0. The van der Waals surface area contributed by atoms with Gasteiger partial charge in [0.25, 0.3) is 0 Å². The molecule has 0 saturated heterocycles. The molecule has 0 fully saturated rings. The van der Waals surface area contributed by atoms with Gasteiger partial charge in [0.1, 0.15) is 5.78 Å². The molecule has 0 bridgehead atoms. The van der Waals surface area contributed by atoms with E-state index in [9.17, 15) is 4.79 Å². The summed E-state index contributed by atoms with van der Waals surface area (Å²) in [4.78, 5) is 10.7. The van der Waals surface area contributed by atoms with Gasteiger partial charge in [-0.25, -0.2) is 0 Å². The van der Waals surface area contributed by atoms with Crippen molar-refractivity contribution in [3.63, 3.8) is 0 Å². The van der Waals surface area contributed by atoms with E-state index in [4.69, 9.17) is 0 Å². The van der Waals surface area contributed by atoms with Crippen LogP contribution in [0.3, 0.4) is 0 Å². The van der Waals surface area contributed by atoms with Crippen LogP contribution in [0, 0.1) is 0 Å². The van der Waals surface area contributed by atoms with Crippen LogP contribution in [-0.2, 0) is 4.79 Å². The van der Waals surface area contributed by atoms with Crippen LogP contribution < -0.4 is 0 Å². The minimum Gasteiger partial charge on any atom is -0.330 e. The van der Waals surface area contributed by atoms with Crippen molar-refractivity contribution in [1.29, 1.82) is 0 Å². The molecular formula is C8H17NOSi. The summed E-state index contributed by atoms with van der Waals surface area (Å²) in [5, 5.41) is 0. The van der Waals surface area contributed by atoms with E-state index in [1.54, 1.807) is 6.92 Å². The smallest absolute Gasteiger partial charge is 0.172 e. The number of rotatable bonds is 3. The van der Waals surface area contributed by atoms with Gasteiger partial charge >= 0.3 is 0 Å². The molecule has 0 aromatic heterocycles. The van der Waals surface area contributed by atoms with Crippen molar-refractivity contribution in [2.45, 2.75) is 39.9 Å². The van der Waals surface area contributed by atoms with Gasteiger partial charge in [0.05, 0.1) is 0 Å². The molecule has 0 aromatic rings. The Bertz CT molecular complexity index is 179. The lowest BCUT2D eigenvalue weighted by atomic mass is 10.2. The Morgan fingerprint density at radius 3 is 2.00 bits per heavy atom. The zero-order chi connectivity index (χ0) is 9.07. The molecule has 0 N–H and O–H groups in total. The SMILES string of the molecule is CC(=O)C/C(C)=N/[Si](C)(C)C. The predicted octanol–water partition coefficient (Wildman–Crippen LogP) is 2.26. The van der Waals surface area contributed by atoms with Crippen molar-refractivity contribution in [3.05, 3.63) is 0 Å². The second-order valence-corrected chi connectivity index (χ2v) is 8.46. The van der Waals surface area contributed by atoms with Crippen molar-refractivity contribution in [1.82, 2.24) is 0 Å². The zero-order valence-electron chi connectivity index (χ0n) is 8.06. The van der Waals surface area contributed by atoms with E-state index >= 15 is 0 Å². The van der Waals surface area contributed by atoms with E-state index in [2.05, 4.69) is 24.3 Å². The van der Waals surface area contributed by atoms with Gasteiger partial charge in [0.2, 0.25) is 0 Å². The maximum atomic E-state index is 10.7. The van der Waals surface area contributed by atoms with Crippen molar-refractivity contribution >= 4 is 19.7 Å². The highest BCUT2D eigenvalue weighted by Crippen LogP contribution is 2.03. The average molecular weight is 171 g/mol. The molecule has 0 unspecified atom stereocenters. The lowest BCUT2D eigenvalue weighted by Crippen LogP contribution is -2.19. The van der Waals surface area contributed by atoms with Crippen LogP contribution in [0.25, 0.3) is 0 Å². The number of carbonyl (C=O) groups is 1. The molecule has 64 valence electrons. The van der Waals surface area contributed by atoms with E-state index in [1.165, 1.54) is 0 Å². The van der Waals surface area contributed by atoms with E-state index in [-0.39, 0.29) is 5.78 Å². The zero-order valence-corrected chi connectivity index (χ0v) is 9.06. The Balaban J connectivity index is 4.12. The van der Waals surface area contributed by atoms with Gasteiger partial charge in [0, 0.05) is 12.1 Å². The van der Waals surface area contributed by atoms with E-state index < -0.39 is 8.24 Å². The molecule has 2 nitrogen and oxygen atoms in total. The summed E-state index contributed by atoms with van der Waals surface area (Å²) in [5.74, 6) is 0.199. The second-order valence-electron chi connectivity index (χ2n) is 3.90. The Hall–Kier alpha value is -0.443. The molecule has 0 aliphatic heterocycles. The summed E-state index contributed by atoms with van der Waals surface area (Å²) >= 11 is 0. The van der Waals surface area contributed by atoms with Gasteiger partial charge in [-0.1, -0.05) is 0 Å². The minimum atomic E-state index is -1.35. The quantitative estimate of drug-likeness (QED) is 0.473. The lowest BCUT2D eigenvalue weighted by Gasteiger charge is -2.10. The van der Waals surface area contributed by atoms with Crippen LogP contribution in [0.5, 0.6) is 0 Å². The Kier molecular flexibility index (Phi) is 3.65. The Morgan fingerprint density at radius 1 is 1.27 bits per heavy atom. The molecule has 11 heavy (non-hydrogen) atoms. The monoisotopic (exact) mass is 171 g/mol. The molecule has 0 atom stereocenters. The topological polar surface area (TPSA) is 29.4 Å². The highest BCUT2D eigenvalue weighted by Gasteiger charge is 2.11. The standard InChI is InChI=1S/C8H17NOSi/c1-7(6-8(2)10)9-11(3,4)5/h6H2,1-5H3/b9-7+. The van der Waals surface area contributed by atoms with Gasteiger partial charge < -0.3 is 4.66 Å². The van der Waals surface area contributed by atoms with Gasteiger partial charge in [0.15, 0.2) is 8.24 Å². The highest BCUT2D eigenvalue weighted by atomic mass is 28.3. The van der Waals surface area contributed by atoms with Gasteiger partial charge in [-0.2, -0.15) is 0 Å². The summed E-state index contributed by atoms with van der Waals surface area (Å²) in [7, 11) is -1.35. The number of hydrogen-bond acceptors (Lipinski definition) is 2. The first-order valence-corrected chi connectivity index (χ1v) is 7.31. The molecule has 0 spiro atoms. The number of nitrogens with zero attached hydrogens (tertiary/aromatic N) is 1. The Labute approximate surface area is 69.8 Å². The van der Waals surface area contributed by atoms with Crippen molar-refractivity contribution < 1.29 is 4.79 Å². The largest absolute Gasteiger partial charge is 0.330 e. The number of Topliss-reactive ketones (excluding diaryl/α,β-unsaturated/α-hetero) is 1. The van der Waals surface area contributed by atoms with Crippen LogP contribution in [0.4, 0.5) is 0 Å². The maximum Gasteiger partial charge on any atom is 0.172 e. The van der Waals surface area contributed by atoms with Gasteiger partial charge in [-0.3, -0.25) is 4.79 Å². The molecule has 0 heterocycles. The molecule has 0 aromatic carbocycles. The first kappa shape index (κ1) is 10.6. The summed E-state index contributed by atoms with van der Waals surface area (Å²) < 4.78 is 4.48. The van der Waals surface area contributed by atoms with E-state index in [0.717, 1.165) is 5.71 Å². The Morgan fingerprint density at radius 2 is 1.73 bits per heavy atom. The number of ketones is 1. The summed E-state index contributed by atoms with van der Waals surface area (Å²) in [6.45, 7) is 10.0. The third-order valence-electron chi connectivity index (χ3n) is 1.03. The summed E-state index contributed by atoms with van der Waals surface area (Å²) in [6.07, 6.45) is 0.518. The van der Waals surface area contributed by atoms with Crippen LogP contribution in [-0.4, -0.2) is 19.7 Å². The van der Waals surface area contributed by atoms with Gasteiger partial charge in [-0.05, 0) is 33.5 Å². The molecule has 0 aliphatic carbocycles. The van der Waals surface area contributed by atoms with Crippen molar-refractivity contribution in [2.24, 2.45) is 4.66 Å². The van der Waals surface area contributed by atoms with Crippen molar-refractivity contribution in [2.75, 3.05) is 0 Å². The molecule has 0 aliphatic rings. The molecule has 3 heteroatoms. The number of carbonyl (C=O) groups excluding carboxylic acids is 1. The molecule has 0 saturated carbocycles. The average Bonchev–Trinajstić information content (AvgIpc) is 1.53. The fourth-order valence-electron chi connectivity index (χ4n) is 0.972. The third-order valence-corrected chi connectivity index (χ3v) is 2.08. The van der Waals surface area contributed by atoms with E-state index in [0.29, 0.717) is 6.42 Å². The second kappa shape index (κ2) is 3.81. The molecule has 0 rings (SSSR count). The van der Waals surface area contributed by atoms with Crippen LogP contribution in [0.2, 0.25) is 19.6 Å². The van der Waals surface area contributed by atoms with Crippen molar-refractivity contribution in [3.8, 4) is 0 Å². The minimum absolute atomic E-state index is 0.199. The van der Waals surface area contributed by atoms with E-state index in [1.807, 2.05) is 6.92 Å². The van der Waals surface area contributed by atoms with Crippen LogP contribution in [0.1, 0.15) is 20.3 Å². The third kappa shape index (κ3) is 7.45. The van der Waals surface area contributed by atoms with Crippen LogP contribution in [0.15, 0.2) is 4.66 Å². The predicted molar refractivity (Wildman–Crippen MR) is 51.8 cm³/mol. The lowest BCUT2D eigenvalue weighted by molar-refractivity contribution is -0.115. The summed E-state index contributed by atoms with van der Waals surface area (Å²) in [5.41, 5.74) is 0.983. The molecule has 0 amide bonds. The maximum absolute atomic E-state index is 10.7. The highest BCUT2D eigenvalue weighted by molar-refractivity contribution is 6.75. The molecular weight excluding hydrogens is 154 g/mol. The van der Waals surface area contributed by atoms with Crippen LogP contribution >= 0.6 is 0 Å². The molecule has 0 radical (unpaired) electrons.